The van der Waals surface area contributed by atoms with Gasteiger partial charge in [0.25, 0.3) is 0 Å². The van der Waals surface area contributed by atoms with Gasteiger partial charge in [0.15, 0.2) is 0 Å². The molecule has 0 aliphatic carbocycles. The number of fused-ring (bicyclic) bond motifs is 2. The molecule has 4 rings (SSSR count). The van der Waals surface area contributed by atoms with E-state index in [1.807, 2.05) is 6.92 Å². The van der Waals surface area contributed by atoms with Crippen LogP contribution in [0.1, 0.15) is 20.8 Å². The van der Waals surface area contributed by atoms with Crippen LogP contribution in [0.3, 0.4) is 0 Å². The lowest BCUT2D eigenvalue weighted by Gasteiger charge is -2.15. The predicted molar refractivity (Wildman–Crippen MR) is 104 cm³/mol. The second kappa shape index (κ2) is 6.80. The van der Waals surface area contributed by atoms with Gasteiger partial charge in [-0.25, -0.2) is 0 Å². The summed E-state index contributed by atoms with van der Waals surface area (Å²) in [5.74, 6) is 0. The summed E-state index contributed by atoms with van der Waals surface area (Å²) < 4.78 is 11.7. The molecular weight excluding hydrogens is 295 g/mol. The van der Waals surface area contributed by atoms with Crippen molar-refractivity contribution >= 4 is 34.1 Å². The third-order valence-corrected chi connectivity index (χ3v) is 4.01. The standard InChI is InChI=1S/C18H17BO2.C3H6/c1-18(2)12-20-19(21-18)17-8-7-15-9-13-5-3-4-6-14(13)10-16(15)11-17;1-3-2/h3-11H,12H2,1-2H3;3H,1H2,2H3. The highest BCUT2D eigenvalue weighted by molar-refractivity contribution is 6.62. The molecule has 3 aromatic carbocycles. The summed E-state index contributed by atoms with van der Waals surface area (Å²) in [7, 11) is -0.254. The van der Waals surface area contributed by atoms with E-state index in [9.17, 15) is 0 Å². The quantitative estimate of drug-likeness (QED) is 0.368. The monoisotopic (exact) mass is 318 g/mol. The summed E-state index contributed by atoms with van der Waals surface area (Å²) in [5, 5.41) is 5.00. The fraction of sp³-hybridized carbons (Fsp3) is 0.238. The minimum atomic E-state index is -0.254. The van der Waals surface area contributed by atoms with Crippen molar-refractivity contribution < 1.29 is 9.31 Å². The first kappa shape index (κ1) is 16.8. The summed E-state index contributed by atoms with van der Waals surface area (Å²) in [6, 6.07) is 19.3. The van der Waals surface area contributed by atoms with Gasteiger partial charge in [0.1, 0.15) is 0 Å². The van der Waals surface area contributed by atoms with Crippen molar-refractivity contribution in [2.24, 2.45) is 0 Å². The molecule has 1 fully saturated rings. The van der Waals surface area contributed by atoms with Gasteiger partial charge in [-0.2, -0.15) is 0 Å². The molecule has 0 amide bonds. The SMILES string of the molecule is C=CC.CC1(C)COB(c2ccc3cc4ccccc4cc3c2)O1. The summed E-state index contributed by atoms with van der Waals surface area (Å²) in [5.41, 5.74) is 0.881. The molecule has 122 valence electrons. The molecule has 0 unspecified atom stereocenters. The lowest BCUT2D eigenvalue weighted by Crippen LogP contribution is -2.34. The van der Waals surface area contributed by atoms with E-state index in [1.165, 1.54) is 21.5 Å². The Bertz CT molecular complexity index is 870. The van der Waals surface area contributed by atoms with E-state index in [4.69, 9.17) is 9.31 Å². The van der Waals surface area contributed by atoms with Gasteiger partial charge in [-0.15, -0.1) is 6.58 Å². The number of hydrogen-bond donors (Lipinski definition) is 0. The largest absolute Gasteiger partial charge is 0.494 e. The van der Waals surface area contributed by atoms with Crippen molar-refractivity contribution in [3.8, 4) is 0 Å². The maximum absolute atomic E-state index is 5.95. The van der Waals surface area contributed by atoms with Crippen LogP contribution in [-0.4, -0.2) is 19.3 Å². The van der Waals surface area contributed by atoms with Crippen molar-refractivity contribution in [1.29, 1.82) is 0 Å². The van der Waals surface area contributed by atoms with E-state index >= 15 is 0 Å². The summed E-state index contributed by atoms with van der Waals surface area (Å²) in [4.78, 5) is 0. The average molecular weight is 318 g/mol. The summed E-state index contributed by atoms with van der Waals surface area (Å²) >= 11 is 0. The van der Waals surface area contributed by atoms with Gasteiger partial charge < -0.3 is 9.31 Å². The zero-order chi connectivity index (χ0) is 17.2. The molecule has 1 aliphatic rings. The highest BCUT2D eigenvalue weighted by atomic mass is 16.7. The number of rotatable bonds is 1. The fourth-order valence-electron chi connectivity index (χ4n) is 2.90. The van der Waals surface area contributed by atoms with Crippen molar-refractivity contribution in [3.63, 3.8) is 0 Å². The Morgan fingerprint density at radius 3 is 2.12 bits per heavy atom. The van der Waals surface area contributed by atoms with Gasteiger partial charge in [-0.05, 0) is 59.9 Å². The molecule has 3 aromatic rings. The van der Waals surface area contributed by atoms with Crippen LogP contribution in [0.25, 0.3) is 21.5 Å². The fourth-order valence-corrected chi connectivity index (χ4v) is 2.90. The van der Waals surface area contributed by atoms with Crippen molar-refractivity contribution in [2.45, 2.75) is 26.4 Å². The molecule has 0 saturated carbocycles. The highest BCUT2D eigenvalue weighted by Gasteiger charge is 2.38. The Kier molecular flexibility index (Phi) is 4.75. The number of allylic oxidation sites excluding steroid dienone is 1. The minimum absolute atomic E-state index is 0.205. The Hall–Kier alpha value is -2.10. The second-order valence-corrected chi connectivity index (χ2v) is 6.73. The summed E-state index contributed by atoms with van der Waals surface area (Å²) in [6.07, 6.45) is 1.75. The lowest BCUT2D eigenvalue weighted by molar-refractivity contribution is 0.137. The second-order valence-electron chi connectivity index (χ2n) is 6.73. The van der Waals surface area contributed by atoms with Crippen LogP contribution in [-0.2, 0) is 9.31 Å². The predicted octanol–water partition coefficient (Wildman–Crippen LogP) is 4.71. The van der Waals surface area contributed by atoms with Gasteiger partial charge in [-0.1, -0.05) is 48.5 Å². The molecule has 1 heterocycles. The molecule has 1 aliphatic heterocycles. The molecular formula is C21H23BO2. The normalized spacial score (nSPS) is 16.0. The van der Waals surface area contributed by atoms with Gasteiger partial charge in [0, 0.05) is 0 Å². The van der Waals surface area contributed by atoms with Crippen molar-refractivity contribution in [1.82, 2.24) is 0 Å². The molecule has 0 spiro atoms. The van der Waals surface area contributed by atoms with Crippen LogP contribution in [0.5, 0.6) is 0 Å². The first-order valence-corrected chi connectivity index (χ1v) is 8.31. The Morgan fingerprint density at radius 2 is 1.54 bits per heavy atom. The van der Waals surface area contributed by atoms with Crippen molar-refractivity contribution in [3.05, 3.63) is 67.3 Å². The highest BCUT2D eigenvalue weighted by Crippen LogP contribution is 2.24. The first-order chi connectivity index (χ1) is 11.5. The molecule has 0 radical (unpaired) electrons. The first-order valence-electron chi connectivity index (χ1n) is 8.31. The molecule has 0 aromatic heterocycles. The van der Waals surface area contributed by atoms with E-state index in [0.717, 1.165) is 5.46 Å². The number of benzene rings is 3. The Morgan fingerprint density at radius 1 is 0.958 bits per heavy atom. The maximum Gasteiger partial charge on any atom is 0.494 e. The Balaban J connectivity index is 0.000000526. The van der Waals surface area contributed by atoms with E-state index in [-0.39, 0.29) is 12.7 Å². The van der Waals surface area contributed by atoms with Gasteiger partial charge in [-0.3, -0.25) is 0 Å². The molecule has 24 heavy (non-hydrogen) atoms. The molecule has 0 N–H and O–H groups in total. The zero-order valence-electron chi connectivity index (χ0n) is 14.6. The van der Waals surface area contributed by atoms with E-state index in [1.54, 1.807) is 6.08 Å². The minimum Gasteiger partial charge on any atom is -0.404 e. The van der Waals surface area contributed by atoms with Crippen LogP contribution < -0.4 is 5.46 Å². The molecule has 3 heteroatoms. The third kappa shape index (κ3) is 3.53. The van der Waals surface area contributed by atoms with Gasteiger partial charge >= 0.3 is 7.12 Å². The van der Waals surface area contributed by atoms with Crippen LogP contribution in [0, 0.1) is 0 Å². The average Bonchev–Trinajstić information content (AvgIpc) is 2.93. The molecule has 1 saturated heterocycles. The smallest absolute Gasteiger partial charge is 0.404 e. The van der Waals surface area contributed by atoms with Crippen molar-refractivity contribution in [2.75, 3.05) is 6.61 Å². The Labute approximate surface area is 144 Å². The molecule has 2 nitrogen and oxygen atoms in total. The van der Waals surface area contributed by atoms with E-state index in [0.29, 0.717) is 6.61 Å². The zero-order valence-corrected chi connectivity index (χ0v) is 14.6. The van der Waals surface area contributed by atoms with Crippen LogP contribution in [0.2, 0.25) is 0 Å². The van der Waals surface area contributed by atoms with Crippen LogP contribution in [0.15, 0.2) is 67.3 Å². The van der Waals surface area contributed by atoms with Gasteiger partial charge in [0.05, 0.1) is 12.2 Å². The third-order valence-electron chi connectivity index (χ3n) is 4.01. The van der Waals surface area contributed by atoms with Crippen LogP contribution in [0.4, 0.5) is 0 Å². The van der Waals surface area contributed by atoms with Gasteiger partial charge in [0.2, 0.25) is 0 Å². The maximum atomic E-state index is 5.95. The van der Waals surface area contributed by atoms with Crippen LogP contribution >= 0.6 is 0 Å². The lowest BCUT2D eigenvalue weighted by atomic mass is 9.78. The topological polar surface area (TPSA) is 18.5 Å². The van der Waals surface area contributed by atoms with E-state index < -0.39 is 0 Å². The molecule has 0 bridgehead atoms. The molecule has 0 atom stereocenters. The number of hydrogen-bond acceptors (Lipinski definition) is 2. The summed E-state index contributed by atoms with van der Waals surface area (Å²) in [6.45, 7) is 10.00. The van der Waals surface area contributed by atoms with E-state index in [2.05, 4.69) is 75.0 Å².